The van der Waals surface area contributed by atoms with Crippen LogP contribution in [-0.2, 0) is 47.5 Å². The molecule has 2 aromatic heterocycles. The SMILES string of the molecule is Cn1c(=O)c2c(n(C)c1=O)n(C)[c](=[Pt])n2C.IN(I)C1CCC1. The predicted octanol–water partition coefficient (Wildman–Crippen LogP) is 1.53. The summed E-state index contributed by atoms with van der Waals surface area (Å²) in [6.45, 7) is 0. The van der Waals surface area contributed by atoms with E-state index in [1.54, 1.807) is 11.6 Å². The van der Waals surface area contributed by atoms with Gasteiger partial charge in [-0.05, 0) is 12.8 Å². The summed E-state index contributed by atoms with van der Waals surface area (Å²) in [4.78, 5) is 23.8. The quantitative estimate of drug-likeness (QED) is 0.332. The third kappa shape index (κ3) is 3.62. The zero-order valence-electron chi connectivity index (χ0n) is 13.3. The Kier molecular flexibility index (Phi) is 6.51. The molecule has 0 bridgehead atoms. The van der Waals surface area contributed by atoms with Crippen molar-refractivity contribution in [1.29, 1.82) is 0 Å². The first kappa shape index (κ1) is 19.6. The molecule has 1 fully saturated rings. The number of hydrogen-bond acceptors (Lipinski definition) is 3. The monoisotopic (exact) mass is 726 g/mol. The van der Waals surface area contributed by atoms with Gasteiger partial charge in [0.2, 0.25) is 0 Å². The Balaban J connectivity index is 0.000000229. The molecule has 0 aromatic carbocycles. The summed E-state index contributed by atoms with van der Waals surface area (Å²) >= 11 is 6.80. The summed E-state index contributed by atoms with van der Waals surface area (Å²) in [6, 6.07) is 0.890. The number of fused-ring (bicyclic) bond motifs is 1. The Morgan fingerprint density at radius 3 is 1.96 bits per heavy atom. The van der Waals surface area contributed by atoms with Crippen LogP contribution in [0.5, 0.6) is 0 Å². The average molecular weight is 726 g/mol. The molecular weight excluding hydrogens is 707 g/mol. The molecular formula is C13H19I2N5O2Pt. The van der Waals surface area contributed by atoms with E-state index in [1.807, 2.05) is 18.7 Å². The Morgan fingerprint density at radius 1 is 1.00 bits per heavy atom. The van der Waals surface area contributed by atoms with Crippen LogP contribution in [0.2, 0.25) is 0 Å². The van der Waals surface area contributed by atoms with Gasteiger partial charge in [-0.1, -0.05) is 6.42 Å². The Labute approximate surface area is 172 Å². The molecule has 0 amide bonds. The third-order valence-corrected chi connectivity index (χ3v) is 7.23. The summed E-state index contributed by atoms with van der Waals surface area (Å²) in [5.41, 5.74) is 0.604. The van der Waals surface area contributed by atoms with Gasteiger partial charge in [0, 0.05) is 51.8 Å². The molecule has 132 valence electrons. The predicted molar refractivity (Wildman–Crippen MR) is 103 cm³/mol. The average Bonchev–Trinajstić information content (AvgIpc) is 2.65. The molecule has 0 atom stereocenters. The minimum Gasteiger partial charge on any atom is -0.185 e. The van der Waals surface area contributed by atoms with E-state index < -0.39 is 0 Å². The minimum absolute atomic E-state index is 0.264. The molecule has 1 aliphatic carbocycles. The van der Waals surface area contributed by atoms with Crippen molar-refractivity contribution in [2.75, 3.05) is 0 Å². The molecule has 1 aliphatic rings. The molecule has 1 saturated carbocycles. The van der Waals surface area contributed by atoms with Gasteiger partial charge in [0.15, 0.2) is 0 Å². The van der Waals surface area contributed by atoms with E-state index in [0.29, 0.717) is 11.2 Å². The van der Waals surface area contributed by atoms with E-state index in [1.165, 1.54) is 30.9 Å². The van der Waals surface area contributed by atoms with Crippen LogP contribution in [0.1, 0.15) is 19.3 Å². The van der Waals surface area contributed by atoms with Crippen LogP contribution in [0.3, 0.4) is 0 Å². The number of imidazole rings is 1. The standard InChI is InChI=1S/C9H12N4O2.C4H7I2N.Pt/c1-10-5-11(2)7-6(10)8(14)13(4)9(15)12(7)3;5-7(6)4-2-1-3-4;/h1-4H3;4H,1-3H2;. The van der Waals surface area contributed by atoms with E-state index in [0.717, 1.165) is 14.4 Å². The Morgan fingerprint density at radius 2 is 1.57 bits per heavy atom. The molecule has 10 heteroatoms. The van der Waals surface area contributed by atoms with Crippen molar-refractivity contribution in [3.8, 4) is 0 Å². The number of rotatable bonds is 1. The molecule has 0 spiro atoms. The fourth-order valence-electron chi connectivity index (χ4n) is 2.47. The largest absolute Gasteiger partial charge is 0.185 e. The van der Waals surface area contributed by atoms with Crippen LogP contribution in [0.15, 0.2) is 9.59 Å². The number of aromatic nitrogens is 4. The van der Waals surface area contributed by atoms with E-state index in [4.69, 9.17) is 0 Å². The maximum absolute atomic E-state index is 12.0. The molecule has 2 heterocycles. The summed E-state index contributed by atoms with van der Waals surface area (Å²) in [6.07, 6.45) is 4.25. The van der Waals surface area contributed by atoms with Gasteiger partial charge in [-0.15, -0.1) is 0 Å². The normalized spacial score (nSPS) is 14.8. The molecule has 7 nitrogen and oxygen atoms in total. The van der Waals surface area contributed by atoms with Gasteiger partial charge in [-0.2, -0.15) is 1.33 Å². The molecule has 0 unspecified atom stereocenters. The first-order chi connectivity index (χ1) is 10.7. The topological polar surface area (TPSA) is 57.1 Å². The maximum atomic E-state index is 12.0. The summed E-state index contributed by atoms with van der Waals surface area (Å²) < 4.78 is 9.38. The minimum atomic E-state index is -0.310. The second-order valence-electron chi connectivity index (χ2n) is 5.58. The molecule has 0 N–H and O–H groups in total. The summed E-state index contributed by atoms with van der Waals surface area (Å²) in [7, 11) is 6.81. The van der Waals surface area contributed by atoms with Gasteiger partial charge in [-0.3, -0.25) is 0 Å². The van der Waals surface area contributed by atoms with E-state index in [9.17, 15) is 9.59 Å². The van der Waals surface area contributed by atoms with Gasteiger partial charge in [0.1, 0.15) is 0 Å². The van der Waals surface area contributed by atoms with E-state index >= 15 is 0 Å². The fourth-order valence-corrected chi connectivity index (χ4v) is 4.08. The second-order valence-corrected chi connectivity index (χ2v) is 10.5. The summed E-state index contributed by atoms with van der Waals surface area (Å²) in [5.74, 6) is 0. The maximum Gasteiger partial charge on any atom is 0.0311 e. The van der Waals surface area contributed by atoms with Crippen LogP contribution in [0.4, 0.5) is 0 Å². The van der Waals surface area contributed by atoms with Gasteiger partial charge >= 0.3 is 102 Å². The zero-order valence-corrected chi connectivity index (χ0v) is 19.9. The number of nitrogens with zero attached hydrogens (tertiary/aromatic N) is 5. The smallest absolute Gasteiger partial charge is 0.0311 e. The van der Waals surface area contributed by atoms with Gasteiger partial charge in [0.25, 0.3) is 0 Å². The van der Waals surface area contributed by atoms with Crippen molar-refractivity contribution in [3.63, 3.8) is 0 Å². The van der Waals surface area contributed by atoms with Gasteiger partial charge in [0.05, 0.1) is 0 Å². The molecule has 2 aromatic rings. The molecule has 0 saturated heterocycles. The van der Waals surface area contributed by atoms with Gasteiger partial charge < -0.3 is 0 Å². The summed E-state index contributed by atoms with van der Waals surface area (Å²) in [5, 5.41) is 0. The molecule has 3 rings (SSSR count). The van der Waals surface area contributed by atoms with Crippen molar-refractivity contribution in [1.82, 2.24) is 19.6 Å². The number of aryl methyl sites for hydroxylation is 3. The van der Waals surface area contributed by atoms with Crippen LogP contribution >= 0.6 is 45.7 Å². The first-order valence-electron chi connectivity index (χ1n) is 7.06. The first-order valence-corrected chi connectivity index (χ1v) is 10.1. The van der Waals surface area contributed by atoms with E-state index in [2.05, 4.69) is 66.4 Å². The van der Waals surface area contributed by atoms with Crippen molar-refractivity contribution in [3.05, 3.63) is 24.6 Å². The Bertz CT molecular complexity index is 904. The van der Waals surface area contributed by atoms with Gasteiger partial charge in [-0.25, -0.2) is 0 Å². The molecule has 23 heavy (non-hydrogen) atoms. The number of halogens is 2. The third-order valence-electron chi connectivity index (χ3n) is 4.13. The van der Waals surface area contributed by atoms with E-state index in [-0.39, 0.29) is 11.2 Å². The zero-order chi connectivity index (χ0) is 17.5. The number of hydrogen-bond donors (Lipinski definition) is 0. The van der Waals surface area contributed by atoms with Crippen LogP contribution in [0.25, 0.3) is 11.2 Å². The second kappa shape index (κ2) is 7.65. The van der Waals surface area contributed by atoms with Crippen molar-refractivity contribution in [2.24, 2.45) is 28.2 Å². The van der Waals surface area contributed by atoms with Crippen LogP contribution in [0, 0.1) is 3.80 Å². The van der Waals surface area contributed by atoms with Crippen LogP contribution < -0.4 is 11.2 Å². The van der Waals surface area contributed by atoms with Crippen molar-refractivity contribution in [2.45, 2.75) is 25.3 Å². The van der Waals surface area contributed by atoms with Crippen molar-refractivity contribution >= 4 is 56.9 Å². The van der Waals surface area contributed by atoms with Crippen LogP contribution in [-0.4, -0.2) is 25.6 Å². The Hall–Kier alpha value is 0.258. The fraction of sp³-hybridized carbons (Fsp3) is 0.615. The molecule has 0 radical (unpaired) electrons. The molecule has 0 aliphatic heterocycles. The van der Waals surface area contributed by atoms with Crippen molar-refractivity contribution < 1.29 is 19.4 Å².